The van der Waals surface area contributed by atoms with E-state index < -0.39 is 0 Å². The van der Waals surface area contributed by atoms with Gasteiger partial charge in [-0.15, -0.1) is 11.8 Å². The Bertz CT molecular complexity index is 685. The predicted molar refractivity (Wildman–Crippen MR) is 90.2 cm³/mol. The lowest BCUT2D eigenvalue weighted by atomic mass is 10.1. The zero-order valence-electron chi connectivity index (χ0n) is 12.6. The average Bonchev–Trinajstić information content (AvgIpc) is 3.02. The number of rotatable bonds is 5. The molecular weight excluding hydrogens is 312 g/mol. The second-order valence-electron chi connectivity index (χ2n) is 5.34. The summed E-state index contributed by atoms with van der Waals surface area (Å²) in [5, 5.41) is 5.52. The van der Waals surface area contributed by atoms with Gasteiger partial charge in [-0.3, -0.25) is 9.59 Å². The van der Waals surface area contributed by atoms with Crippen molar-refractivity contribution in [2.75, 3.05) is 11.1 Å². The third-order valence-corrected chi connectivity index (χ3v) is 4.98. The summed E-state index contributed by atoms with van der Waals surface area (Å²) < 4.78 is 5.16. The molecule has 5 nitrogen and oxygen atoms in total. The molecule has 2 heterocycles. The summed E-state index contributed by atoms with van der Waals surface area (Å²) >= 11 is 1.38. The van der Waals surface area contributed by atoms with Gasteiger partial charge in [-0.05, 0) is 36.6 Å². The molecule has 1 atom stereocenters. The van der Waals surface area contributed by atoms with E-state index in [0.717, 1.165) is 24.1 Å². The van der Waals surface area contributed by atoms with Gasteiger partial charge in [-0.25, -0.2) is 0 Å². The lowest BCUT2D eigenvalue weighted by Crippen LogP contribution is -2.29. The van der Waals surface area contributed by atoms with Gasteiger partial charge in [0.2, 0.25) is 11.8 Å². The normalized spacial score (nSPS) is 17.0. The predicted octanol–water partition coefficient (Wildman–Crippen LogP) is 2.58. The number of furan rings is 1. The number of amides is 2. The maximum atomic E-state index is 12.3. The molecule has 0 spiro atoms. The molecule has 3 rings (SSSR count). The van der Waals surface area contributed by atoms with Gasteiger partial charge in [0.1, 0.15) is 5.76 Å². The molecule has 1 aromatic heterocycles. The number of thioether (sulfide) groups is 1. The van der Waals surface area contributed by atoms with Crippen LogP contribution in [-0.2, 0) is 22.6 Å². The van der Waals surface area contributed by atoms with E-state index in [4.69, 9.17) is 4.42 Å². The van der Waals surface area contributed by atoms with Gasteiger partial charge in [-0.1, -0.05) is 18.2 Å². The van der Waals surface area contributed by atoms with Crippen LogP contribution in [0.4, 0.5) is 5.69 Å². The first kappa shape index (κ1) is 15.7. The molecular formula is C17H18N2O3S. The molecule has 1 aliphatic heterocycles. The first-order chi connectivity index (χ1) is 11.2. The van der Waals surface area contributed by atoms with Crippen LogP contribution in [0.2, 0.25) is 0 Å². The van der Waals surface area contributed by atoms with Crippen LogP contribution >= 0.6 is 11.8 Å². The van der Waals surface area contributed by atoms with Gasteiger partial charge in [0.25, 0.3) is 0 Å². The standard InChI is InChI=1S/C17H18N2O3S/c20-16(18-10-13-5-3-9-22-13)11-23-15-8-7-12-4-1-2-6-14(12)19-17(15)21/h1-6,9,15H,7-8,10-11H2,(H,18,20)(H,19,21)/t15-/m1/s1. The molecule has 0 aliphatic carbocycles. The largest absolute Gasteiger partial charge is 0.467 e. The Labute approximate surface area is 138 Å². The van der Waals surface area contributed by atoms with Crippen molar-refractivity contribution in [3.63, 3.8) is 0 Å². The number of hydrogen-bond donors (Lipinski definition) is 2. The van der Waals surface area contributed by atoms with Crippen LogP contribution < -0.4 is 10.6 Å². The van der Waals surface area contributed by atoms with Gasteiger partial charge < -0.3 is 15.1 Å². The van der Waals surface area contributed by atoms with Crippen LogP contribution in [0.5, 0.6) is 0 Å². The molecule has 1 aliphatic rings. The highest BCUT2D eigenvalue weighted by Crippen LogP contribution is 2.26. The van der Waals surface area contributed by atoms with Crippen molar-refractivity contribution in [3.8, 4) is 0 Å². The number of aryl methyl sites for hydroxylation is 1. The molecule has 2 amide bonds. The Hall–Kier alpha value is -2.21. The first-order valence-electron chi connectivity index (χ1n) is 7.52. The van der Waals surface area contributed by atoms with Crippen molar-refractivity contribution in [1.29, 1.82) is 0 Å². The third-order valence-electron chi connectivity index (χ3n) is 3.70. The number of anilines is 1. The minimum atomic E-state index is -0.211. The van der Waals surface area contributed by atoms with Crippen molar-refractivity contribution in [2.24, 2.45) is 0 Å². The van der Waals surface area contributed by atoms with Crippen LogP contribution in [0.1, 0.15) is 17.7 Å². The Morgan fingerprint density at radius 1 is 1.30 bits per heavy atom. The zero-order chi connectivity index (χ0) is 16.1. The molecule has 2 N–H and O–H groups in total. The van der Waals surface area contributed by atoms with E-state index in [-0.39, 0.29) is 22.8 Å². The van der Waals surface area contributed by atoms with E-state index in [0.29, 0.717) is 12.3 Å². The van der Waals surface area contributed by atoms with Crippen molar-refractivity contribution >= 4 is 29.3 Å². The molecule has 2 aromatic rings. The Morgan fingerprint density at radius 2 is 2.17 bits per heavy atom. The molecule has 0 radical (unpaired) electrons. The minimum Gasteiger partial charge on any atom is -0.467 e. The van der Waals surface area contributed by atoms with Gasteiger partial charge in [0.15, 0.2) is 0 Å². The van der Waals surface area contributed by atoms with E-state index in [1.54, 1.807) is 12.3 Å². The molecule has 6 heteroatoms. The third kappa shape index (κ3) is 4.16. The van der Waals surface area contributed by atoms with Crippen molar-refractivity contribution in [1.82, 2.24) is 5.32 Å². The maximum absolute atomic E-state index is 12.3. The van der Waals surface area contributed by atoms with Gasteiger partial charge >= 0.3 is 0 Å². The number of carbonyl (C=O) groups excluding carboxylic acids is 2. The summed E-state index contributed by atoms with van der Waals surface area (Å²) in [5.41, 5.74) is 2.02. The van der Waals surface area contributed by atoms with Crippen LogP contribution in [0.15, 0.2) is 47.1 Å². The Balaban J connectivity index is 1.48. The second kappa shape index (κ2) is 7.37. The lowest BCUT2D eigenvalue weighted by molar-refractivity contribution is -0.118. The Morgan fingerprint density at radius 3 is 3.00 bits per heavy atom. The van der Waals surface area contributed by atoms with Crippen LogP contribution in [0.3, 0.4) is 0 Å². The highest BCUT2D eigenvalue weighted by molar-refractivity contribution is 8.01. The summed E-state index contributed by atoms with van der Waals surface area (Å²) in [7, 11) is 0. The summed E-state index contributed by atoms with van der Waals surface area (Å²) in [6.07, 6.45) is 3.14. The van der Waals surface area contributed by atoms with Crippen LogP contribution in [-0.4, -0.2) is 22.8 Å². The molecule has 0 bridgehead atoms. The van der Waals surface area contributed by atoms with Crippen molar-refractivity contribution in [2.45, 2.75) is 24.6 Å². The molecule has 0 saturated heterocycles. The van der Waals surface area contributed by atoms with Gasteiger partial charge in [0.05, 0.1) is 23.8 Å². The van der Waals surface area contributed by atoms with E-state index in [9.17, 15) is 9.59 Å². The number of fused-ring (bicyclic) bond motifs is 1. The van der Waals surface area contributed by atoms with Crippen molar-refractivity contribution < 1.29 is 14.0 Å². The number of para-hydroxylation sites is 1. The lowest BCUT2D eigenvalue weighted by Gasteiger charge is -2.12. The van der Waals surface area contributed by atoms with Crippen molar-refractivity contribution in [3.05, 3.63) is 54.0 Å². The fourth-order valence-corrected chi connectivity index (χ4v) is 3.43. The van der Waals surface area contributed by atoms with E-state index in [2.05, 4.69) is 10.6 Å². The summed E-state index contributed by atoms with van der Waals surface area (Å²) in [5.74, 6) is 0.848. The number of nitrogens with one attached hydrogen (secondary N) is 2. The molecule has 1 aromatic carbocycles. The second-order valence-corrected chi connectivity index (χ2v) is 6.53. The highest BCUT2D eigenvalue weighted by Gasteiger charge is 2.24. The van der Waals surface area contributed by atoms with Crippen LogP contribution in [0.25, 0.3) is 0 Å². The molecule has 120 valence electrons. The highest BCUT2D eigenvalue weighted by atomic mass is 32.2. The molecule has 23 heavy (non-hydrogen) atoms. The molecule has 0 unspecified atom stereocenters. The maximum Gasteiger partial charge on any atom is 0.237 e. The fourth-order valence-electron chi connectivity index (χ4n) is 2.48. The van der Waals surface area contributed by atoms with E-state index in [1.165, 1.54) is 11.8 Å². The summed E-state index contributed by atoms with van der Waals surface area (Å²) in [6, 6.07) is 11.4. The Kier molecular flexibility index (Phi) is 5.02. The monoisotopic (exact) mass is 330 g/mol. The zero-order valence-corrected chi connectivity index (χ0v) is 13.4. The van der Waals surface area contributed by atoms with Gasteiger partial charge in [-0.2, -0.15) is 0 Å². The number of carbonyl (C=O) groups is 2. The SMILES string of the molecule is O=C(CS[C@@H]1CCc2ccccc2NC1=O)NCc1ccco1. The van der Waals surface area contributed by atoms with E-state index >= 15 is 0 Å². The van der Waals surface area contributed by atoms with Gasteiger partial charge in [0, 0.05) is 5.69 Å². The number of benzene rings is 1. The minimum absolute atomic E-state index is 0.0289. The van der Waals surface area contributed by atoms with E-state index in [1.807, 2.05) is 30.3 Å². The first-order valence-corrected chi connectivity index (χ1v) is 8.57. The fraction of sp³-hybridized carbons (Fsp3) is 0.294. The number of hydrogen-bond acceptors (Lipinski definition) is 4. The molecule has 0 fully saturated rings. The summed E-state index contributed by atoms with van der Waals surface area (Å²) in [6.45, 7) is 0.370. The summed E-state index contributed by atoms with van der Waals surface area (Å²) in [4.78, 5) is 24.1. The quantitative estimate of drug-likeness (QED) is 0.884. The molecule has 0 saturated carbocycles. The van der Waals surface area contributed by atoms with Crippen LogP contribution in [0, 0.1) is 0 Å². The topological polar surface area (TPSA) is 71.3 Å². The smallest absolute Gasteiger partial charge is 0.237 e. The average molecular weight is 330 g/mol.